The van der Waals surface area contributed by atoms with Crippen molar-refractivity contribution in [1.82, 2.24) is 9.21 Å². The van der Waals surface area contributed by atoms with Gasteiger partial charge in [-0.05, 0) is 24.5 Å². The molecule has 0 saturated carbocycles. The second-order valence-corrected chi connectivity index (χ2v) is 8.14. The van der Waals surface area contributed by atoms with Crippen LogP contribution in [0.3, 0.4) is 0 Å². The Labute approximate surface area is 137 Å². The van der Waals surface area contributed by atoms with Crippen molar-refractivity contribution in [3.05, 3.63) is 29.8 Å². The molecule has 0 spiro atoms. The fourth-order valence-corrected chi connectivity index (χ4v) is 4.06. The predicted molar refractivity (Wildman–Crippen MR) is 86.7 cm³/mol. The second kappa shape index (κ2) is 6.49. The van der Waals surface area contributed by atoms with Crippen LogP contribution in [0.5, 0.6) is 5.75 Å². The summed E-state index contributed by atoms with van der Waals surface area (Å²) in [6, 6.07) is 7.79. The highest BCUT2D eigenvalue weighted by Crippen LogP contribution is 2.28. The second-order valence-electron chi connectivity index (χ2n) is 6.16. The fourth-order valence-electron chi connectivity index (χ4n) is 3.19. The van der Waals surface area contributed by atoms with E-state index in [9.17, 15) is 13.2 Å². The molecule has 126 valence electrons. The van der Waals surface area contributed by atoms with Gasteiger partial charge in [-0.15, -0.1) is 0 Å². The number of amides is 1. The zero-order chi connectivity index (χ0) is 16.4. The minimum Gasteiger partial charge on any atom is -0.492 e. The minimum absolute atomic E-state index is 0.0647. The zero-order valence-corrected chi connectivity index (χ0v) is 14.1. The molecule has 1 amide bonds. The summed E-state index contributed by atoms with van der Waals surface area (Å²) in [6.07, 6.45) is 2.57. The van der Waals surface area contributed by atoms with Crippen LogP contribution >= 0.6 is 0 Å². The summed E-state index contributed by atoms with van der Waals surface area (Å²) in [4.78, 5) is 14.5. The zero-order valence-electron chi connectivity index (χ0n) is 13.3. The minimum atomic E-state index is -3.19. The third-order valence-corrected chi connectivity index (χ3v) is 5.77. The molecule has 0 radical (unpaired) electrons. The number of para-hydroxylation sites is 1. The van der Waals surface area contributed by atoms with Crippen LogP contribution in [0, 0.1) is 5.92 Å². The first-order chi connectivity index (χ1) is 10.9. The molecule has 7 heteroatoms. The van der Waals surface area contributed by atoms with Gasteiger partial charge in [0.2, 0.25) is 15.9 Å². The maximum Gasteiger partial charge on any atom is 0.229 e. The highest BCUT2D eigenvalue weighted by atomic mass is 32.2. The molecule has 0 N–H and O–H groups in total. The molecule has 2 aliphatic heterocycles. The van der Waals surface area contributed by atoms with Gasteiger partial charge >= 0.3 is 0 Å². The Kier molecular flexibility index (Phi) is 4.59. The van der Waals surface area contributed by atoms with Gasteiger partial charge in [0, 0.05) is 26.2 Å². The first kappa shape index (κ1) is 16.3. The van der Waals surface area contributed by atoms with Gasteiger partial charge in [0.25, 0.3) is 0 Å². The highest BCUT2D eigenvalue weighted by Gasteiger charge is 2.31. The molecule has 1 aromatic rings. The van der Waals surface area contributed by atoms with E-state index in [-0.39, 0.29) is 11.8 Å². The van der Waals surface area contributed by atoms with Crippen molar-refractivity contribution in [2.45, 2.75) is 12.8 Å². The average molecular weight is 338 g/mol. The summed E-state index contributed by atoms with van der Waals surface area (Å²) in [5.74, 6) is 0.736. The van der Waals surface area contributed by atoms with Gasteiger partial charge in [-0.1, -0.05) is 18.2 Å². The number of rotatable bonds is 2. The van der Waals surface area contributed by atoms with Crippen LogP contribution in [0.4, 0.5) is 0 Å². The molecule has 6 nitrogen and oxygen atoms in total. The molecule has 1 saturated heterocycles. The van der Waals surface area contributed by atoms with E-state index in [0.717, 1.165) is 11.3 Å². The molecule has 1 fully saturated rings. The first-order valence-electron chi connectivity index (χ1n) is 7.90. The molecule has 3 rings (SSSR count). The summed E-state index contributed by atoms with van der Waals surface area (Å²) in [6.45, 7) is 2.29. The van der Waals surface area contributed by atoms with Gasteiger partial charge in [-0.25, -0.2) is 12.7 Å². The van der Waals surface area contributed by atoms with Gasteiger partial charge in [-0.2, -0.15) is 0 Å². The molecule has 0 aliphatic carbocycles. The number of ether oxygens (including phenoxy) is 1. The molecule has 23 heavy (non-hydrogen) atoms. The number of benzene rings is 1. The standard InChI is InChI=1S/C16H22N2O4S/c1-23(20,21)18-8-4-7-17(9-10-18)16(19)14-11-13-5-2-3-6-15(13)22-12-14/h2-3,5-6,14H,4,7-12H2,1H3/t14-/m1/s1. The molecular formula is C16H22N2O4S. The molecule has 1 atom stereocenters. The van der Waals surface area contributed by atoms with E-state index in [1.807, 2.05) is 24.3 Å². The van der Waals surface area contributed by atoms with E-state index in [1.54, 1.807) is 4.90 Å². The number of carbonyl (C=O) groups excluding carboxylic acids is 1. The van der Waals surface area contributed by atoms with E-state index >= 15 is 0 Å². The third kappa shape index (κ3) is 3.67. The van der Waals surface area contributed by atoms with Crippen molar-refractivity contribution in [2.24, 2.45) is 5.92 Å². The van der Waals surface area contributed by atoms with Crippen LogP contribution < -0.4 is 4.74 Å². The lowest BCUT2D eigenvalue weighted by atomic mass is 9.95. The van der Waals surface area contributed by atoms with Gasteiger partial charge < -0.3 is 9.64 Å². The lowest BCUT2D eigenvalue weighted by molar-refractivity contribution is -0.136. The van der Waals surface area contributed by atoms with Crippen LogP contribution in [0.2, 0.25) is 0 Å². The summed E-state index contributed by atoms with van der Waals surface area (Å²) in [5, 5.41) is 0. The number of hydrogen-bond donors (Lipinski definition) is 0. The van der Waals surface area contributed by atoms with Gasteiger partial charge in [0.05, 0.1) is 12.2 Å². The Morgan fingerprint density at radius 2 is 1.96 bits per heavy atom. The normalized spacial score (nSPS) is 22.8. The Bertz CT molecular complexity index is 689. The van der Waals surface area contributed by atoms with Crippen molar-refractivity contribution in [3.8, 4) is 5.75 Å². The molecule has 2 aliphatic rings. The Morgan fingerprint density at radius 3 is 2.74 bits per heavy atom. The number of sulfonamides is 1. The molecule has 0 aromatic heterocycles. The van der Waals surface area contributed by atoms with Crippen LogP contribution in [-0.2, 0) is 21.2 Å². The average Bonchev–Trinajstić information content (AvgIpc) is 2.79. The SMILES string of the molecule is CS(=O)(=O)N1CCCN(C(=O)[C@H]2COc3ccccc3C2)CC1. The van der Waals surface area contributed by atoms with E-state index in [1.165, 1.54) is 10.6 Å². The van der Waals surface area contributed by atoms with Crippen molar-refractivity contribution in [3.63, 3.8) is 0 Å². The topological polar surface area (TPSA) is 66.9 Å². The van der Waals surface area contributed by atoms with Crippen molar-refractivity contribution >= 4 is 15.9 Å². The van der Waals surface area contributed by atoms with Gasteiger partial charge in [0.1, 0.15) is 12.4 Å². The molecular weight excluding hydrogens is 316 g/mol. The summed E-state index contributed by atoms with van der Waals surface area (Å²) in [7, 11) is -3.19. The lowest BCUT2D eigenvalue weighted by Crippen LogP contribution is -2.43. The van der Waals surface area contributed by atoms with E-state index in [0.29, 0.717) is 45.6 Å². The Hall–Kier alpha value is -1.60. The van der Waals surface area contributed by atoms with Gasteiger partial charge in [-0.3, -0.25) is 4.79 Å². The largest absolute Gasteiger partial charge is 0.492 e. The third-order valence-electron chi connectivity index (χ3n) is 4.46. The molecule has 0 bridgehead atoms. The predicted octanol–water partition coefficient (Wildman–Crippen LogP) is 0.732. The van der Waals surface area contributed by atoms with Crippen molar-refractivity contribution in [2.75, 3.05) is 39.0 Å². The summed E-state index contributed by atoms with van der Waals surface area (Å²) < 4.78 is 30.5. The van der Waals surface area contributed by atoms with Crippen LogP contribution in [0.1, 0.15) is 12.0 Å². The Morgan fingerprint density at radius 1 is 1.17 bits per heavy atom. The Balaban J connectivity index is 1.65. The van der Waals surface area contributed by atoms with E-state index in [2.05, 4.69) is 0 Å². The van der Waals surface area contributed by atoms with Crippen LogP contribution in [0.25, 0.3) is 0 Å². The molecule has 2 heterocycles. The maximum atomic E-state index is 12.8. The number of fused-ring (bicyclic) bond motifs is 1. The summed E-state index contributed by atoms with van der Waals surface area (Å²) >= 11 is 0. The molecule has 1 aromatic carbocycles. The number of hydrogen-bond acceptors (Lipinski definition) is 4. The van der Waals surface area contributed by atoms with Crippen molar-refractivity contribution in [1.29, 1.82) is 0 Å². The quantitative estimate of drug-likeness (QED) is 0.797. The lowest BCUT2D eigenvalue weighted by Gasteiger charge is -2.29. The monoisotopic (exact) mass is 338 g/mol. The van der Waals surface area contributed by atoms with E-state index in [4.69, 9.17) is 4.74 Å². The van der Waals surface area contributed by atoms with Gasteiger partial charge in [0.15, 0.2) is 0 Å². The first-order valence-corrected chi connectivity index (χ1v) is 9.74. The number of nitrogens with zero attached hydrogens (tertiary/aromatic N) is 2. The number of carbonyl (C=O) groups is 1. The van der Waals surface area contributed by atoms with E-state index < -0.39 is 10.0 Å². The fraction of sp³-hybridized carbons (Fsp3) is 0.562. The molecule has 0 unspecified atom stereocenters. The highest BCUT2D eigenvalue weighted by molar-refractivity contribution is 7.88. The van der Waals surface area contributed by atoms with Crippen LogP contribution in [-0.4, -0.2) is 62.6 Å². The smallest absolute Gasteiger partial charge is 0.229 e. The maximum absolute atomic E-state index is 12.8. The van der Waals surface area contributed by atoms with Crippen molar-refractivity contribution < 1.29 is 17.9 Å². The van der Waals surface area contributed by atoms with Crippen LogP contribution in [0.15, 0.2) is 24.3 Å². The summed E-state index contributed by atoms with van der Waals surface area (Å²) in [5.41, 5.74) is 1.06.